The van der Waals surface area contributed by atoms with Gasteiger partial charge in [-0.25, -0.2) is 0 Å². The Morgan fingerprint density at radius 3 is 2.83 bits per heavy atom. The van der Waals surface area contributed by atoms with Gasteiger partial charge in [0.15, 0.2) is 0 Å². The molecular formula is C14H24N4. The van der Waals surface area contributed by atoms with E-state index in [0.717, 1.165) is 17.7 Å². The number of hydrogen-bond donors (Lipinski definition) is 1. The molecule has 1 aliphatic heterocycles. The Bertz CT molecular complexity index is 437. The van der Waals surface area contributed by atoms with E-state index in [1.54, 1.807) is 0 Å². The van der Waals surface area contributed by atoms with Crippen LogP contribution in [0.25, 0.3) is 0 Å². The quantitative estimate of drug-likeness (QED) is 0.870. The lowest BCUT2D eigenvalue weighted by atomic mass is 9.91. The summed E-state index contributed by atoms with van der Waals surface area (Å²) in [5, 5.41) is 4.57. The minimum atomic E-state index is 0.600. The van der Waals surface area contributed by atoms with Crippen LogP contribution in [0.1, 0.15) is 43.4 Å². The fourth-order valence-corrected chi connectivity index (χ4v) is 4.00. The molecule has 3 rings (SSSR count). The number of fused-ring (bicyclic) bond motifs is 1. The third-order valence-corrected chi connectivity index (χ3v) is 4.78. The van der Waals surface area contributed by atoms with E-state index in [4.69, 9.17) is 5.73 Å². The Balaban J connectivity index is 1.98. The molecule has 2 aliphatic rings. The lowest BCUT2D eigenvalue weighted by Gasteiger charge is -2.39. The van der Waals surface area contributed by atoms with Crippen molar-refractivity contribution in [1.29, 1.82) is 0 Å². The van der Waals surface area contributed by atoms with Gasteiger partial charge >= 0.3 is 0 Å². The van der Waals surface area contributed by atoms with Crippen molar-refractivity contribution in [3.05, 3.63) is 11.3 Å². The Morgan fingerprint density at radius 2 is 2.06 bits per heavy atom. The molecule has 1 saturated heterocycles. The van der Waals surface area contributed by atoms with Crippen LogP contribution < -0.4 is 10.6 Å². The number of anilines is 1. The normalized spacial score (nSPS) is 27.6. The van der Waals surface area contributed by atoms with Gasteiger partial charge in [0.2, 0.25) is 0 Å². The zero-order chi connectivity index (χ0) is 12.7. The van der Waals surface area contributed by atoms with E-state index >= 15 is 0 Å². The molecular weight excluding hydrogens is 224 g/mol. The van der Waals surface area contributed by atoms with Crippen LogP contribution >= 0.6 is 0 Å². The molecule has 4 heteroatoms. The topological polar surface area (TPSA) is 47.1 Å². The monoisotopic (exact) mass is 248 g/mol. The molecule has 4 nitrogen and oxygen atoms in total. The zero-order valence-electron chi connectivity index (χ0n) is 11.5. The van der Waals surface area contributed by atoms with Crippen molar-refractivity contribution < 1.29 is 0 Å². The second kappa shape index (κ2) is 4.57. The fraction of sp³-hybridized carbons (Fsp3) is 0.786. The van der Waals surface area contributed by atoms with Crippen molar-refractivity contribution in [3.63, 3.8) is 0 Å². The third-order valence-electron chi connectivity index (χ3n) is 4.78. The average molecular weight is 248 g/mol. The molecule has 100 valence electrons. The number of aryl methyl sites for hydroxylation is 2. The predicted molar refractivity (Wildman–Crippen MR) is 73.5 cm³/mol. The smallest absolute Gasteiger partial charge is 0.131 e. The van der Waals surface area contributed by atoms with E-state index in [9.17, 15) is 0 Å². The maximum absolute atomic E-state index is 5.93. The SMILES string of the molecule is Cc1nn(C)c(N2CCCC3CCCC32)c1CN. The molecule has 2 atom stereocenters. The summed E-state index contributed by atoms with van der Waals surface area (Å²) >= 11 is 0. The van der Waals surface area contributed by atoms with E-state index in [1.165, 1.54) is 50.0 Å². The van der Waals surface area contributed by atoms with E-state index in [0.29, 0.717) is 6.54 Å². The number of piperidine rings is 1. The first-order valence-corrected chi connectivity index (χ1v) is 7.21. The summed E-state index contributed by atoms with van der Waals surface area (Å²) in [5.41, 5.74) is 8.26. The van der Waals surface area contributed by atoms with Crippen molar-refractivity contribution in [3.8, 4) is 0 Å². The first-order chi connectivity index (χ1) is 8.72. The summed E-state index contributed by atoms with van der Waals surface area (Å²) in [4.78, 5) is 2.60. The minimum absolute atomic E-state index is 0.600. The van der Waals surface area contributed by atoms with Crippen LogP contribution in [0.15, 0.2) is 0 Å². The maximum atomic E-state index is 5.93. The molecule has 0 amide bonds. The molecule has 2 heterocycles. The van der Waals surface area contributed by atoms with Crippen molar-refractivity contribution in [2.24, 2.45) is 18.7 Å². The highest BCUT2D eigenvalue weighted by Gasteiger charge is 2.37. The highest BCUT2D eigenvalue weighted by atomic mass is 15.4. The first kappa shape index (κ1) is 12.0. The van der Waals surface area contributed by atoms with Gasteiger partial charge in [0.1, 0.15) is 5.82 Å². The van der Waals surface area contributed by atoms with E-state index in [1.807, 2.05) is 4.68 Å². The number of nitrogens with zero attached hydrogens (tertiary/aromatic N) is 3. The van der Waals surface area contributed by atoms with Gasteiger partial charge in [0.25, 0.3) is 0 Å². The van der Waals surface area contributed by atoms with Gasteiger partial charge in [-0.15, -0.1) is 0 Å². The predicted octanol–water partition coefficient (Wildman–Crippen LogP) is 1.96. The van der Waals surface area contributed by atoms with Crippen LogP contribution in [-0.2, 0) is 13.6 Å². The molecule has 1 aromatic rings. The standard InChI is InChI=1S/C14H24N4/c1-10-12(9-15)14(17(2)16-10)18-8-4-6-11-5-3-7-13(11)18/h11,13H,3-9,15H2,1-2H3. The molecule has 1 aliphatic carbocycles. The number of aromatic nitrogens is 2. The second-order valence-electron chi connectivity index (χ2n) is 5.81. The Labute approximate surface area is 109 Å². The van der Waals surface area contributed by atoms with E-state index in [-0.39, 0.29) is 0 Å². The Hall–Kier alpha value is -1.03. The van der Waals surface area contributed by atoms with Gasteiger partial charge in [0.05, 0.1) is 5.69 Å². The zero-order valence-corrected chi connectivity index (χ0v) is 11.5. The van der Waals surface area contributed by atoms with Gasteiger partial charge in [-0.1, -0.05) is 6.42 Å². The van der Waals surface area contributed by atoms with Gasteiger partial charge < -0.3 is 10.6 Å². The van der Waals surface area contributed by atoms with Crippen LogP contribution in [0.3, 0.4) is 0 Å². The number of rotatable bonds is 2. The molecule has 2 N–H and O–H groups in total. The molecule has 2 fully saturated rings. The Morgan fingerprint density at radius 1 is 1.28 bits per heavy atom. The van der Waals surface area contributed by atoms with Gasteiger partial charge in [-0.05, 0) is 38.5 Å². The highest BCUT2D eigenvalue weighted by Crippen LogP contribution is 2.40. The maximum Gasteiger partial charge on any atom is 0.131 e. The molecule has 18 heavy (non-hydrogen) atoms. The molecule has 1 saturated carbocycles. The lowest BCUT2D eigenvalue weighted by molar-refractivity contribution is 0.357. The van der Waals surface area contributed by atoms with Crippen LogP contribution in [0.5, 0.6) is 0 Å². The first-order valence-electron chi connectivity index (χ1n) is 7.21. The van der Waals surface area contributed by atoms with E-state index in [2.05, 4.69) is 24.0 Å². The summed E-state index contributed by atoms with van der Waals surface area (Å²) < 4.78 is 2.04. The molecule has 2 unspecified atom stereocenters. The molecule has 0 radical (unpaired) electrons. The van der Waals surface area contributed by atoms with Gasteiger partial charge in [0, 0.05) is 31.7 Å². The number of nitrogens with two attached hydrogens (primary N) is 1. The minimum Gasteiger partial charge on any atom is -0.353 e. The highest BCUT2D eigenvalue weighted by molar-refractivity contribution is 5.51. The van der Waals surface area contributed by atoms with Crippen LogP contribution in [-0.4, -0.2) is 22.4 Å². The third kappa shape index (κ3) is 1.74. The van der Waals surface area contributed by atoms with Gasteiger partial charge in [-0.2, -0.15) is 5.10 Å². The fourth-order valence-electron chi connectivity index (χ4n) is 4.00. The van der Waals surface area contributed by atoms with Crippen LogP contribution in [0.4, 0.5) is 5.82 Å². The van der Waals surface area contributed by atoms with E-state index < -0.39 is 0 Å². The largest absolute Gasteiger partial charge is 0.353 e. The molecule has 0 aromatic carbocycles. The summed E-state index contributed by atoms with van der Waals surface area (Å²) in [6.07, 6.45) is 6.88. The van der Waals surface area contributed by atoms with Crippen LogP contribution in [0.2, 0.25) is 0 Å². The summed E-state index contributed by atoms with van der Waals surface area (Å²) in [6, 6.07) is 0.735. The Kier molecular flexibility index (Phi) is 3.06. The van der Waals surface area contributed by atoms with Crippen molar-refractivity contribution in [2.75, 3.05) is 11.4 Å². The molecule has 0 spiro atoms. The van der Waals surface area contributed by atoms with Crippen LogP contribution in [0, 0.1) is 12.8 Å². The summed E-state index contributed by atoms with van der Waals surface area (Å²) in [5.74, 6) is 2.19. The van der Waals surface area contributed by atoms with Gasteiger partial charge in [-0.3, -0.25) is 4.68 Å². The second-order valence-corrected chi connectivity index (χ2v) is 5.81. The van der Waals surface area contributed by atoms with Crippen molar-refractivity contribution in [1.82, 2.24) is 9.78 Å². The van der Waals surface area contributed by atoms with Crippen molar-refractivity contribution in [2.45, 2.75) is 51.6 Å². The average Bonchev–Trinajstić information content (AvgIpc) is 2.92. The lowest BCUT2D eigenvalue weighted by Crippen LogP contribution is -2.44. The van der Waals surface area contributed by atoms with Crippen molar-refractivity contribution >= 4 is 5.82 Å². The molecule has 0 bridgehead atoms. The summed E-state index contributed by atoms with van der Waals surface area (Å²) in [7, 11) is 2.06. The number of hydrogen-bond acceptors (Lipinski definition) is 3. The molecule has 1 aromatic heterocycles. The summed E-state index contributed by atoms with van der Waals surface area (Å²) in [6.45, 7) is 3.85.